The minimum atomic E-state index is -0.576. The van der Waals surface area contributed by atoms with Crippen LogP contribution in [-0.2, 0) is 0 Å². The van der Waals surface area contributed by atoms with Crippen LogP contribution in [0.2, 0.25) is 0 Å². The lowest BCUT2D eigenvalue weighted by Crippen LogP contribution is -2.13. The molecule has 0 atom stereocenters. The summed E-state index contributed by atoms with van der Waals surface area (Å²) in [7, 11) is 1.38. The van der Waals surface area contributed by atoms with Crippen molar-refractivity contribution in [3.8, 4) is 17.2 Å². The van der Waals surface area contributed by atoms with E-state index in [0.29, 0.717) is 11.5 Å². The lowest BCUT2D eigenvalue weighted by Gasteiger charge is -2.11. The molecular formula is C20H15N3O7. The number of amides is 1. The Morgan fingerprint density at radius 2 is 1.53 bits per heavy atom. The predicted octanol–water partition coefficient (Wildman–Crippen LogP) is 4.56. The first-order valence-corrected chi connectivity index (χ1v) is 8.53. The summed E-state index contributed by atoms with van der Waals surface area (Å²) < 4.78 is 10.8. The van der Waals surface area contributed by atoms with Gasteiger partial charge in [0.05, 0.1) is 22.6 Å². The fourth-order valence-electron chi connectivity index (χ4n) is 2.57. The Balaban J connectivity index is 1.78. The van der Waals surface area contributed by atoms with E-state index in [1.165, 1.54) is 55.6 Å². The van der Waals surface area contributed by atoms with Gasteiger partial charge in [0.15, 0.2) is 0 Å². The highest BCUT2D eigenvalue weighted by atomic mass is 16.6. The van der Waals surface area contributed by atoms with Gasteiger partial charge >= 0.3 is 0 Å². The molecule has 0 radical (unpaired) electrons. The van der Waals surface area contributed by atoms with E-state index >= 15 is 0 Å². The Morgan fingerprint density at radius 3 is 2.17 bits per heavy atom. The molecule has 0 unspecified atom stereocenters. The average molecular weight is 409 g/mol. The van der Waals surface area contributed by atoms with E-state index in [1.807, 2.05) is 0 Å². The topological polar surface area (TPSA) is 134 Å². The molecule has 30 heavy (non-hydrogen) atoms. The molecule has 0 heterocycles. The van der Waals surface area contributed by atoms with Crippen molar-refractivity contribution in [2.75, 3.05) is 12.4 Å². The summed E-state index contributed by atoms with van der Waals surface area (Å²) in [5, 5.41) is 24.3. The van der Waals surface area contributed by atoms with Crippen molar-refractivity contribution < 1.29 is 24.1 Å². The van der Waals surface area contributed by atoms with Crippen LogP contribution in [0.1, 0.15) is 10.4 Å². The summed E-state index contributed by atoms with van der Waals surface area (Å²) in [4.78, 5) is 33.2. The highest BCUT2D eigenvalue weighted by Gasteiger charge is 2.15. The van der Waals surface area contributed by atoms with Crippen LogP contribution in [0.5, 0.6) is 17.2 Å². The molecule has 0 aromatic heterocycles. The van der Waals surface area contributed by atoms with Gasteiger partial charge < -0.3 is 14.8 Å². The van der Waals surface area contributed by atoms with Crippen LogP contribution < -0.4 is 14.8 Å². The predicted molar refractivity (Wildman–Crippen MR) is 107 cm³/mol. The number of nitrogens with one attached hydrogen (secondary N) is 1. The molecule has 0 aliphatic rings. The number of benzene rings is 3. The van der Waals surface area contributed by atoms with Gasteiger partial charge in [-0.05, 0) is 36.4 Å². The van der Waals surface area contributed by atoms with Crippen LogP contribution >= 0.6 is 0 Å². The zero-order chi connectivity index (χ0) is 21.7. The maximum absolute atomic E-state index is 12.6. The summed E-state index contributed by atoms with van der Waals surface area (Å²) in [6.07, 6.45) is 0. The maximum Gasteiger partial charge on any atom is 0.271 e. The first kappa shape index (κ1) is 20.3. The number of non-ortho nitro benzene ring substituents is 2. The fourth-order valence-corrected chi connectivity index (χ4v) is 2.57. The quantitative estimate of drug-likeness (QED) is 0.446. The van der Waals surface area contributed by atoms with Crippen molar-refractivity contribution in [3.05, 3.63) is 92.5 Å². The fraction of sp³-hybridized carbons (Fsp3) is 0.0500. The lowest BCUT2D eigenvalue weighted by atomic mass is 10.2. The summed E-state index contributed by atoms with van der Waals surface area (Å²) in [5.74, 6) is 0.441. The number of anilines is 1. The third-order valence-electron chi connectivity index (χ3n) is 4.02. The standard InChI is InChI=1S/C20H15N3O7/c1-29-19-10-7-15(23(27)28)12-18(19)21-20(24)13-3-2-4-17(11-13)30-16-8-5-14(6-9-16)22(25)26/h2-12H,1H3,(H,21,24). The summed E-state index contributed by atoms with van der Waals surface area (Å²) in [6.45, 7) is 0. The van der Waals surface area contributed by atoms with E-state index in [-0.39, 0.29) is 28.4 Å². The average Bonchev–Trinajstić information content (AvgIpc) is 2.74. The number of hydrogen-bond donors (Lipinski definition) is 1. The van der Waals surface area contributed by atoms with Gasteiger partial charge in [-0.15, -0.1) is 0 Å². The van der Waals surface area contributed by atoms with Crippen molar-refractivity contribution in [3.63, 3.8) is 0 Å². The number of hydrogen-bond acceptors (Lipinski definition) is 7. The van der Waals surface area contributed by atoms with E-state index < -0.39 is 15.8 Å². The van der Waals surface area contributed by atoms with Crippen molar-refractivity contribution >= 4 is 23.0 Å². The molecule has 152 valence electrons. The monoisotopic (exact) mass is 409 g/mol. The third-order valence-corrected chi connectivity index (χ3v) is 4.02. The van der Waals surface area contributed by atoms with Crippen molar-refractivity contribution in [1.82, 2.24) is 0 Å². The van der Waals surface area contributed by atoms with Crippen molar-refractivity contribution in [2.24, 2.45) is 0 Å². The second-order valence-corrected chi connectivity index (χ2v) is 5.98. The van der Waals surface area contributed by atoms with Gasteiger partial charge in [-0.1, -0.05) is 6.07 Å². The highest BCUT2D eigenvalue weighted by Crippen LogP contribution is 2.30. The van der Waals surface area contributed by atoms with Crippen LogP contribution in [-0.4, -0.2) is 22.9 Å². The zero-order valence-electron chi connectivity index (χ0n) is 15.6. The number of rotatable bonds is 7. The minimum Gasteiger partial charge on any atom is -0.495 e. The number of methoxy groups -OCH3 is 1. The maximum atomic E-state index is 12.6. The van der Waals surface area contributed by atoms with E-state index in [4.69, 9.17) is 9.47 Å². The Labute approximate surface area is 170 Å². The molecule has 0 fully saturated rings. The largest absolute Gasteiger partial charge is 0.495 e. The number of ether oxygens (including phenoxy) is 2. The molecule has 0 saturated carbocycles. The Morgan fingerprint density at radius 1 is 0.867 bits per heavy atom. The Kier molecular flexibility index (Phi) is 5.87. The molecule has 0 aliphatic heterocycles. The number of carbonyl (C=O) groups is 1. The normalized spacial score (nSPS) is 10.2. The Bertz CT molecular complexity index is 1110. The van der Waals surface area contributed by atoms with Crippen LogP contribution in [0.4, 0.5) is 17.1 Å². The molecule has 1 N–H and O–H groups in total. The molecule has 0 bridgehead atoms. The zero-order valence-corrected chi connectivity index (χ0v) is 15.6. The van der Waals surface area contributed by atoms with E-state index in [1.54, 1.807) is 18.2 Å². The SMILES string of the molecule is COc1ccc([N+](=O)[O-])cc1NC(=O)c1cccc(Oc2ccc([N+](=O)[O-])cc2)c1. The van der Waals surface area contributed by atoms with Gasteiger partial charge in [-0.2, -0.15) is 0 Å². The van der Waals surface area contributed by atoms with Crippen molar-refractivity contribution in [1.29, 1.82) is 0 Å². The molecule has 3 aromatic rings. The van der Waals surface area contributed by atoms with Gasteiger partial charge in [0, 0.05) is 29.8 Å². The third kappa shape index (κ3) is 4.68. The van der Waals surface area contributed by atoms with Crippen LogP contribution in [0.15, 0.2) is 66.7 Å². The molecule has 0 spiro atoms. The molecule has 10 heteroatoms. The lowest BCUT2D eigenvalue weighted by molar-refractivity contribution is -0.385. The molecule has 3 rings (SSSR count). The molecule has 0 aliphatic carbocycles. The van der Waals surface area contributed by atoms with Gasteiger partial charge in [-0.3, -0.25) is 25.0 Å². The van der Waals surface area contributed by atoms with Crippen LogP contribution in [0.3, 0.4) is 0 Å². The number of nitro benzene ring substituents is 2. The van der Waals surface area contributed by atoms with Gasteiger partial charge in [0.1, 0.15) is 17.2 Å². The van der Waals surface area contributed by atoms with Crippen LogP contribution in [0, 0.1) is 20.2 Å². The molecule has 1 amide bonds. The molecule has 3 aromatic carbocycles. The molecule has 10 nitrogen and oxygen atoms in total. The Hall–Kier alpha value is -4.47. The number of carbonyl (C=O) groups excluding carboxylic acids is 1. The highest BCUT2D eigenvalue weighted by molar-refractivity contribution is 6.05. The minimum absolute atomic E-state index is 0.0682. The van der Waals surface area contributed by atoms with Gasteiger partial charge in [0.2, 0.25) is 0 Å². The molecular weight excluding hydrogens is 394 g/mol. The van der Waals surface area contributed by atoms with Gasteiger partial charge in [-0.25, -0.2) is 0 Å². The van der Waals surface area contributed by atoms with E-state index in [2.05, 4.69) is 5.32 Å². The second kappa shape index (κ2) is 8.69. The van der Waals surface area contributed by atoms with E-state index in [9.17, 15) is 25.0 Å². The van der Waals surface area contributed by atoms with Gasteiger partial charge in [0.25, 0.3) is 17.3 Å². The first-order chi connectivity index (χ1) is 14.4. The summed E-state index contributed by atoms with van der Waals surface area (Å²) in [6, 6.07) is 15.6. The summed E-state index contributed by atoms with van der Waals surface area (Å²) in [5.41, 5.74) is 0.129. The van der Waals surface area contributed by atoms with E-state index in [0.717, 1.165) is 0 Å². The number of nitro groups is 2. The van der Waals surface area contributed by atoms with Crippen LogP contribution in [0.25, 0.3) is 0 Å². The molecule has 0 saturated heterocycles. The van der Waals surface area contributed by atoms with Crippen molar-refractivity contribution in [2.45, 2.75) is 0 Å². The number of nitrogens with zero attached hydrogens (tertiary/aromatic N) is 2. The first-order valence-electron chi connectivity index (χ1n) is 8.53. The summed E-state index contributed by atoms with van der Waals surface area (Å²) >= 11 is 0. The second-order valence-electron chi connectivity index (χ2n) is 5.98. The smallest absolute Gasteiger partial charge is 0.271 e.